The maximum absolute atomic E-state index is 13.2. The molecule has 2 aromatic rings. The number of nitrogens with zero attached hydrogens (tertiary/aromatic N) is 2. The molecule has 2 rings (SSSR count). The van der Waals surface area contributed by atoms with E-state index in [1.54, 1.807) is 14.0 Å². The van der Waals surface area contributed by atoms with E-state index in [-0.39, 0.29) is 10.6 Å². The van der Waals surface area contributed by atoms with Crippen LogP contribution in [0.15, 0.2) is 18.2 Å². The highest BCUT2D eigenvalue weighted by Gasteiger charge is 2.23. The van der Waals surface area contributed by atoms with Gasteiger partial charge in [0.1, 0.15) is 17.1 Å². The number of rotatable bonds is 2. The number of aryl methyl sites for hydroxylation is 2. The maximum atomic E-state index is 13.2. The van der Waals surface area contributed by atoms with Gasteiger partial charge in [0.05, 0.1) is 5.69 Å². The summed E-state index contributed by atoms with van der Waals surface area (Å²) in [6.45, 7) is 1.72. The van der Waals surface area contributed by atoms with E-state index in [1.807, 2.05) is 0 Å². The molecule has 0 aliphatic heterocycles. The molecule has 0 fully saturated rings. The Bertz CT molecular complexity index is 598. The molecule has 0 aliphatic carbocycles. The van der Waals surface area contributed by atoms with Crippen molar-refractivity contribution in [2.45, 2.75) is 13.0 Å². The van der Waals surface area contributed by atoms with E-state index in [1.165, 1.54) is 22.9 Å². The predicted octanol–water partition coefficient (Wildman–Crippen LogP) is 3.26. The average molecular weight is 289 g/mol. The van der Waals surface area contributed by atoms with Crippen molar-refractivity contribution in [3.05, 3.63) is 51.0 Å². The molecule has 1 aromatic carbocycles. The lowest BCUT2D eigenvalue weighted by molar-refractivity contribution is 0.219. The minimum atomic E-state index is -1.10. The molecule has 0 radical (unpaired) electrons. The lowest BCUT2D eigenvalue weighted by atomic mass is 10.0. The molecular formula is C12H11Cl2FN2O. The van der Waals surface area contributed by atoms with Gasteiger partial charge in [0, 0.05) is 23.2 Å². The van der Waals surface area contributed by atoms with Gasteiger partial charge in [0.25, 0.3) is 0 Å². The van der Waals surface area contributed by atoms with Gasteiger partial charge in [-0.05, 0) is 25.1 Å². The lowest BCUT2D eigenvalue weighted by Crippen LogP contribution is -2.03. The monoisotopic (exact) mass is 288 g/mol. The van der Waals surface area contributed by atoms with E-state index < -0.39 is 11.9 Å². The van der Waals surface area contributed by atoms with Gasteiger partial charge in [-0.2, -0.15) is 5.10 Å². The first-order chi connectivity index (χ1) is 8.41. The Labute approximate surface area is 114 Å². The number of hydrogen-bond donors (Lipinski definition) is 1. The van der Waals surface area contributed by atoms with Crippen LogP contribution < -0.4 is 0 Å². The topological polar surface area (TPSA) is 38.0 Å². The third kappa shape index (κ3) is 2.23. The third-order valence-electron chi connectivity index (χ3n) is 2.72. The highest BCUT2D eigenvalue weighted by molar-refractivity contribution is 6.32. The highest BCUT2D eigenvalue weighted by Crippen LogP contribution is 2.34. The average Bonchev–Trinajstić information content (AvgIpc) is 2.56. The van der Waals surface area contributed by atoms with Crippen LogP contribution in [0.2, 0.25) is 10.2 Å². The predicted molar refractivity (Wildman–Crippen MR) is 68.4 cm³/mol. The van der Waals surface area contributed by atoms with Crippen LogP contribution in [0.1, 0.15) is 22.9 Å². The number of aliphatic hydroxyl groups is 1. The van der Waals surface area contributed by atoms with Crippen LogP contribution in [0.25, 0.3) is 0 Å². The van der Waals surface area contributed by atoms with Crippen molar-refractivity contribution in [3.8, 4) is 0 Å². The van der Waals surface area contributed by atoms with Crippen LogP contribution in [0.3, 0.4) is 0 Å². The standard InChI is InChI=1S/C12H11Cl2FN2O/c1-6-10(12(14)17(2)16-6)11(18)8-5-7(15)3-4-9(8)13/h3-5,11,18H,1-2H3. The summed E-state index contributed by atoms with van der Waals surface area (Å²) >= 11 is 12.0. The Morgan fingerprint density at radius 2 is 2.06 bits per heavy atom. The smallest absolute Gasteiger partial charge is 0.133 e. The van der Waals surface area contributed by atoms with Crippen LogP contribution in [0, 0.1) is 12.7 Å². The van der Waals surface area contributed by atoms with Gasteiger partial charge in [0.2, 0.25) is 0 Å². The highest BCUT2D eigenvalue weighted by atomic mass is 35.5. The van der Waals surface area contributed by atoms with Crippen molar-refractivity contribution in [1.82, 2.24) is 9.78 Å². The van der Waals surface area contributed by atoms with Gasteiger partial charge >= 0.3 is 0 Å². The zero-order chi connectivity index (χ0) is 13.4. The number of halogens is 3. The van der Waals surface area contributed by atoms with E-state index in [4.69, 9.17) is 23.2 Å². The van der Waals surface area contributed by atoms with E-state index in [9.17, 15) is 9.50 Å². The molecule has 1 heterocycles. The van der Waals surface area contributed by atoms with Crippen molar-refractivity contribution < 1.29 is 9.50 Å². The molecule has 3 nitrogen and oxygen atoms in total. The van der Waals surface area contributed by atoms with E-state index in [0.29, 0.717) is 16.4 Å². The van der Waals surface area contributed by atoms with Crippen molar-refractivity contribution >= 4 is 23.2 Å². The van der Waals surface area contributed by atoms with Crippen LogP contribution in [-0.4, -0.2) is 14.9 Å². The molecule has 1 N–H and O–H groups in total. The molecular weight excluding hydrogens is 278 g/mol. The summed E-state index contributed by atoms with van der Waals surface area (Å²) in [5.41, 5.74) is 1.29. The Morgan fingerprint density at radius 3 is 2.61 bits per heavy atom. The van der Waals surface area contributed by atoms with Crippen molar-refractivity contribution in [2.24, 2.45) is 7.05 Å². The van der Waals surface area contributed by atoms with Crippen LogP contribution >= 0.6 is 23.2 Å². The largest absolute Gasteiger partial charge is 0.383 e. The van der Waals surface area contributed by atoms with Gasteiger partial charge in [-0.15, -0.1) is 0 Å². The number of hydrogen-bond acceptors (Lipinski definition) is 2. The van der Waals surface area contributed by atoms with Gasteiger partial charge in [-0.25, -0.2) is 4.39 Å². The molecule has 0 amide bonds. The van der Waals surface area contributed by atoms with Gasteiger partial charge in [-0.3, -0.25) is 4.68 Å². The number of benzene rings is 1. The summed E-state index contributed by atoms with van der Waals surface area (Å²) in [6, 6.07) is 3.82. The summed E-state index contributed by atoms with van der Waals surface area (Å²) in [5.74, 6) is -0.467. The van der Waals surface area contributed by atoms with Gasteiger partial charge in [0.15, 0.2) is 0 Å². The van der Waals surface area contributed by atoms with Crippen LogP contribution in [-0.2, 0) is 7.05 Å². The molecule has 1 atom stereocenters. The third-order valence-corrected chi connectivity index (χ3v) is 3.51. The molecule has 1 aromatic heterocycles. The second kappa shape index (κ2) is 4.88. The van der Waals surface area contributed by atoms with E-state index >= 15 is 0 Å². The zero-order valence-electron chi connectivity index (χ0n) is 9.78. The Kier molecular flexibility index (Phi) is 3.61. The van der Waals surface area contributed by atoms with Crippen LogP contribution in [0.4, 0.5) is 4.39 Å². The second-order valence-corrected chi connectivity index (χ2v) is 4.75. The molecule has 0 aliphatic rings. The Balaban J connectivity index is 2.54. The molecule has 18 heavy (non-hydrogen) atoms. The van der Waals surface area contributed by atoms with Crippen molar-refractivity contribution in [1.29, 1.82) is 0 Å². The maximum Gasteiger partial charge on any atom is 0.133 e. The fourth-order valence-electron chi connectivity index (χ4n) is 1.84. The van der Waals surface area contributed by atoms with Crippen molar-refractivity contribution in [2.75, 3.05) is 0 Å². The quantitative estimate of drug-likeness (QED) is 0.921. The second-order valence-electron chi connectivity index (χ2n) is 3.98. The summed E-state index contributed by atoms with van der Waals surface area (Å²) in [4.78, 5) is 0. The van der Waals surface area contributed by atoms with Crippen molar-refractivity contribution in [3.63, 3.8) is 0 Å². The summed E-state index contributed by atoms with van der Waals surface area (Å²) in [6.07, 6.45) is -1.10. The van der Waals surface area contributed by atoms with Gasteiger partial charge < -0.3 is 5.11 Å². The molecule has 96 valence electrons. The van der Waals surface area contributed by atoms with Gasteiger partial charge in [-0.1, -0.05) is 23.2 Å². The minimum absolute atomic E-state index is 0.273. The SMILES string of the molecule is Cc1nn(C)c(Cl)c1C(O)c1cc(F)ccc1Cl. The normalized spacial score (nSPS) is 12.8. The fraction of sp³-hybridized carbons (Fsp3) is 0.250. The molecule has 0 spiro atoms. The molecule has 1 unspecified atom stereocenters. The lowest BCUT2D eigenvalue weighted by Gasteiger charge is -2.13. The molecule has 0 bridgehead atoms. The summed E-state index contributed by atoms with van der Waals surface area (Å²) < 4.78 is 14.7. The fourth-order valence-corrected chi connectivity index (χ4v) is 2.34. The summed E-state index contributed by atoms with van der Waals surface area (Å²) in [7, 11) is 1.67. The van der Waals surface area contributed by atoms with Crippen LogP contribution in [0.5, 0.6) is 0 Å². The molecule has 0 saturated carbocycles. The molecule has 6 heteroatoms. The molecule has 0 saturated heterocycles. The van der Waals surface area contributed by atoms with E-state index in [2.05, 4.69) is 5.10 Å². The summed E-state index contributed by atoms with van der Waals surface area (Å²) in [5, 5.41) is 15.0. The minimum Gasteiger partial charge on any atom is -0.383 e. The first-order valence-electron chi connectivity index (χ1n) is 5.23. The number of aliphatic hydroxyl groups excluding tert-OH is 1. The Morgan fingerprint density at radius 1 is 1.39 bits per heavy atom. The zero-order valence-corrected chi connectivity index (χ0v) is 11.3. The first-order valence-corrected chi connectivity index (χ1v) is 5.99. The Hall–Kier alpha value is -1.10. The first kappa shape index (κ1) is 13.3. The van der Waals surface area contributed by atoms with E-state index in [0.717, 1.165) is 0 Å². The number of aromatic nitrogens is 2.